The van der Waals surface area contributed by atoms with Gasteiger partial charge >= 0.3 is 0 Å². The molecule has 0 unspecified atom stereocenters. The van der Waals surface area contributed by atoms with E-state index in [1.165, 1.54) is 14.0 Å². The molecule has 2 aromatic rings. The number of pyridine rings is 1. The summed E-state index contributed by atoms with van der Waals surface area (Å²) < 4.78 is 18.7. The molecule has 2 heterocycles. The van der Waals surface area contributed by atoms with Gasteiger partial charge in [-0.05, 0) is 18.5 Å². The number of aryl methyl sites for hydroxylation is 1. The van der Waals surface area contributed by atoms with Gasteiger partial charge in [-0.15, -0.1) is 0 Å². The third-order valence-electron chi connectivity index (χ3n) is 2.04. The molecule has 0 aromatic carbocycles. The first-order valence-electron chi connectivity index (χ1n) is 4.27. The minimum Gasteiger partial charge on any atom is -0.480 e. The maximum absolute atomic E-state index is 13.7. The van der Waals surface area contributed by atoms with Crippen LogP contribution < -0.4 is 4.74 Å². The van der Waals surface area contributed by atoms with Gasteiger partial charge in [0.25, 0.3) is 0 Å². The summed E-state index contributed by atoms with van der Waals surface area (Å²) >= 11 is 11.5. The summed E-state index contributed by atoms with van der Waals surface area (Å²) in [5.74, 6) is -0.405. The predicted octanol–water partition coefficient (Wildman–Crippen LogP) is 2.79. The fourth-order valence-corrected chi connectivity index (χ4v) is 1.80. The molecule has 0 spiro atoms. The van der Waals surface area contributed by atoms with Crippen LogP contribution in [0.15, 0.2) is 0 Å². The van der Waals surface area contributed by atoms with Crippen molar-refractivity contribution in [3.05, 3.63) is 21.9 Å². The summed E-state index contributed by atoms with van der Waals surface area (Å²) in [7, 11) is 1.41. The van der Waals surface area contributed by atoms with E-state index in [0.29, 0.717) is 0 Å². The number of aromatic nitrogens is 3. The second kappa shape index (κ2) is 3.99. The van der Waals surface area contributed by atoms with Gasteiger partial charge in [-0.1, -0.05) is 11.6 Å². The van der Waals surface area contributed by atoms with Gasteiger partial charge in [-0.25, -0.2) is 19.3 Å². The van der Waals surface area contributed by atoms with Crippen LogP contribution >= 0.6 is 23.2 Å². The van der Waals surface area contributed by atoms with Crippen molar-refractivity contribution >= 4 is 34.1 Å². The number of halogens is 3. The Kier molecular flexibility index (Phi) is 2.82. The highest BCUT2D eigenvalue weighted by Crippen LogP contribution is 2.31. The Morgan fingerprint density at radius 2 is 1.88 bits per heavy atom. The van der Waals surface area contributed by atoms with Crippen molar-refractivity contribution in [3.63, 3.8) is 0 Å². The van der Waals surface area contributed by atoms with Crippen LogP contribution in [-0.2, 0) is 0 Å². The average molecular weight is 262 g/mol. The second-order valence-corrected chi connectivity index (χ2v) is 3.72. The number of hydrogen-bond acceptors (Lipinski definition) is 4. The van der Waals surface area contributed by atoms with Gasteiger partial charge in [-0.2, -0.15) is 0 Å². The molecule has 0 aliphatic carbocycles. The molecule has 0 amide bonds. The summed E-state index contributed by atoms with van der Waals surface area (Å²) in [5, 5.41) is 0.110. The lowest BCUT2D eigenvalue weighted by atomic mass is 10.2. The van der Waals surface area contributed by atoms with Gasteiger partial charge < -0.3 is 4.74 Å². The van der Waals surface area contributed by atoms with Gasteiger partial charge in [0.15, 0.2) is 5.82 Å². The van der Waals surface area contributed by atoms with Crippen LogP contribution in [0.1, 0.15) is 5.69 Å². The molecule has 0 fully saturated rings. The summed E-state index contributed by atoms with van der Waals surface area (Å²) in [6.45, 7) is 1.50. The Hall–Kier alpha value is -1.20. The molecule has 0 bridgehead atoms. The van der Waals surface area contributed by atoms with Crippen molar-refractivity contribution in [2.75, 3.05) is 7.11 Å². The lowest BCUT2D eigenvalue weighted by Gasteiger charge is -2.08. The highest BCUT2D eigenvalue weighted by atomic mass is 35.5. The number of methoxy groups -OCH3 is 1. The maximum atomic E-state index is 13.7. The van der Waals surface area contributed by atoms with Crippen LogP contribution in [-0.4, -0.2) is 22.1 Å². The summed E-state index contributed by atoms with van der Waals surface area (Å²) in [6, 6.07) is 0. The molecule has 0 N–H and O–H groups in total. The Balaban J connectivity index is 2.98. The molecule has 0 saturated heterocycles. The zero-order chi connectivity index (χ0) is 11.9. The van der Waals surface area contributed by atoms with E-state index < -0.39 is 5.82 Å². The summed E-state index contributed by atoms with van der Waals surface area (Å²) in [5.41, 5.74) is 0.171. The molecule has 16 heavy (non-hydrogen) atoms. The largest absolute Gasteiger partial charge is 0.480 e. The van der Waals surface area contributed by atoms with Crippen molar-refractivity contribution in [2.24, 2.45) is 0 Å². The minimum atomic E-state index is -0.581. The zero-order valence-electron chi connectivity index (χ0n) is 8.38. The molecule has 0 aliphatic rings. The maximum Gasteiger partial charge on any atom is 0.226 e. The number of nitrogens with zero attached hydrogens (tertiary/aromatic N) is 3. The topological polar surface area (TPSA) is 47.9 Å². The highest BCUT2D eigenvalue weighted by molar-refractivity contribution is 6.36. The predicted molar refractivity (Wildman–Crippen MR) is 58.6 cm³/mol. The van der Waals surface area contributed by atoms with E-state index >= 15 is 0 Å². The molecule has 0 radical (unpaired) electrons. The van der Waals surface area contributed by atoms with E-state index in [2.05, 4.69) is 15.0 Å². The standard InChI is InChI=1S/C9H6Cl2FN3O/c1-3-5(12)6-4(8(13-3)16-2)7(10)15-9(11)14-6/h1-2H3. The van der Waals surface area contributed by atoms with E-state index in [4.69, 9.17) is 27.9 Å². The summed E-state index contributed by atoms with van der Waals surface area (Å²) in [4.78, 5) is 11.4. The first-order valence-corrected chi connectivity index (χ1v) is 5.03. The molecule has 2 aromatic heterocycles. The summed E-state index contributed by atoms with van der Waals surface area (Å²) in [6.07, 6.45) is 0. The van der Waals surface area contributed by atoms with Crippen LogP contribution in [0.4, 0.5) is 4.39 Å². The van der Waals surface area contributed by atoms with Crippen molar-refractivity contribution in [1.82, 2.24) is 15.0 Å². The fourth-order valence-electron chi connectivity index (χ4n) is 1.33. The van der Waals surface area contributed by atoms with Crippen LogP contribution in [0.2, 0.25) is 10.4 Å². The molecule has 2 rings (SSSR count). The second-order valence-electron chi connectivity index (χ2n) is 3.03. The molecule has 0 aliphatic heterocycles. The first kappa shape index (κ1) is 11.3. The van der Waals surface area contributed by atoms with Crippen LogP contribution in [0.5, 0.6) is 5.88 Å². The lowest BCUT2D eigenvalue weighted by Crippen LogP contribution is -2.00. The quantitative estimate of drug-likeness (QED) is 0.585. The molecular weight excluding hydrogens is 256 g/mol. The highest BCUT2D eigenvalue weighted by Gasteiger charge is 2.17. The molecule has 0 atom stereocenters. The lowest BCUT2D eigenvalue weighted by molar-refractivity contribution is 0.400. The smallest absolute Gasteiger partial charge is 0.226 e. The molecule has 0 saturated carbocycles. The minimum absolute atomic E-state index is 0.00866. The van der Waals surface area contributed by atoms with Crippen molar-refractivity contribution in [2.45, 2.75) is 6.92 Å². The van der Waals surface area contributed by atoms with Crippen molar-refractivity contribution in [1.29, 1.82) is 0 Å². The fraction of sp³-hybridized carbons (Fsp3) is 0.222. The third-order valence-corrected chi connectivity index (χ3v) is 2.48. The third kappa shape index (κ3) is 1.66. The SMILES string of the molecule is COc1nc(C)c(F)c2nc(Cl)nc(Cl)c12. The van der Waals surface area contributed by atoms with Crippen LogP contribution in [0.25, 0.3) is 10.9 Å². The van der Waals surface area contributed by atoms with Crippen LogP contribution in [0, 0.1) is 12.7 Å². The Morgan fingerprint density at radius 1 is 1.19 bits per heavy atom. The van der Waals surface area contributed by atoms with Crippen molar-refractivity contribution < 1.29 is 9.13 Å². The molecule has 4 nitrogen and oxygen atoms in total. The average Bonchev–Trinajstić information content (AvgIpc) is 2.23. The van der Waals surface area contributed by atoms with E-state index in [1.807, 2.05) is 0 Å². The Morgan fingerprint density at radius 3 is 2.50 bits per heavy atom. The zero-order valence-corrected chi connectivity index (χ0v) is 9.90. The molecule has 84 valence electrons. The molecule has 7 heteroatoms. The molecular formula is C9H6Cl2FN3O. The number of fused-ring (bicyclic) bond motifs is 1. The van der Waals surface area contributed by atoms with Gasteiger partial charge in [-0.3, -0.25) is 0 Å². The number of hydrogen-bond donors (Lipinski definition) is 0. The van der Waals surface area contributed by atoms with Gasteiger partial charge in [0.2, 0.25) is 11.2 Å². The number of ether oxygens (including phenoxy) is 1. The van der Waals surface area contributed by atoms with Crippen molar-refractivity contribution in [3.8, 4) is 5.88 Å². The Bertz CT molecular complexity index is 576. The van der Waals surface area contributed by atoms with Gasteiger partial charge in [0.05, 0.1) is 12.8 Å². The number of rotatable bonds is 1. The van der Waals surface area contributed by atoms with Gasteiger partial charge in [0, 0.05) is 0 Å². The normalized spacial score (nSPS) is 10.8. The Labute approximate surface area is 100 Å². The van der Waals surface area contributed by atoms with E-state index in [9.17, 15) is 4.39 Å². The monoisotopic (exact) mass is 261 g/mol. The van der Waals surface area contributed by atoms with Gasteiger partial charge in [0.1, 0.15) is 16.1 Å². The van der Waals surface area contributed by atoms with Crippen LogP contribution in [0.3, 0.4) is 0 Å². The van der Waals surface area contributed by atoms with E-state index in [0.717, 1.165) is 0 Å². The van der Waals surface area contributed by atoms with E-state index in [1.54, 1.807) is 0 Å². The first-order chi connectivity index (χ1) is 7.54. The van der Waals surface area contributed by atoms with E-state index in [-0.39, 0.29) is 32.9 Å².